The van der Waals surface area contributed by atoms with Crippen LogP contribution in [0.1, 0.15) is 12.8 Å². The summed E-state index contributed by atoms with van der Waals surface area (Å²) in [5.41, 5.74) is 6.54. The first kappa shape index (κ1) is 8.46. The minimum atomic E-state index is 0.496. The highest BCUT2D eigenvalue weighted by molar-refractivity contribution is 5.85. The minimum Gasteiger partial charge on any atom is -0.383 e. The molecule has 3 N–H and O–H groups in total. The molecule has 3 heterocycles. The number of anilines is 2. The Balaban J connectivity index is 2.11. The fourth-order valence-corrected chi connectivity index (χ4v) is 1.90. The Kier molecular flexibility index (Phi) is 1.74. The first-order chi connectivity index (χ1) is 7.34. The van der Waals surface area contributed by atoms with E-state index in [2.05, 4.69) is 25.1 Å². The molecule has 0 aromatic carbocycles. The van der Waals surface area contributed by atoms with Crippen LogP contribution in [0.3, 0.4) is 0 Å². The molecule has 2 aromatic heterocycles. The van der Waals surface area contributed by atoms with E-state index in [9.17, 15) is 0 Å². The van der Waals surface area contributed by atoms with Crippen LogP contribution in [0.2, 0.25) is 0 Å². The number of rotatable bonds is 1. The average molecular weight is 204 g/mol. The molecule has 0 aliphatic carbocycles. The second-order valence-corrected chi connectivity index (χ2v) is 3.74. The molecule has 0 spiro atoms. The number of nitrogens with two attached hydrogens (primary N) is 1. The highest BCUT2D eigenvalue weighted by Crippen LogP contribution is 2.21. The van der Waals surface area contributed by atoms with Crippen molar-refractivity contribution in [3.63, 3.8) is 0 Å². The van der Waals surface area contributed by atoms with Gasteiger partial charge in [-0.15, -0.1) is 0 Å². The van der Waals surface area contributed by atoms with Gasteiger partial charge in [-0.3, -0.25) is 5.10 Å². The summed E-state index contributed by atoms with van der Waals surface area (Å²) in [6.07, 6.45) is 4.05. The van der Waals surface area contributed by atoms with Crippen molar-refractivity contribution >= 4 is 22.8 Å². The highest BCUT2D eigenvalue weighted by Gasteiger charge is 2.16. The molecular formula is C9H12N6. The first-order valence-electron chi connectivity index (χ1n) is 5.06. The Morgan fingerprint density at radius 2 is 2.07 bits per heavy atom. The van der Waals surface area contributed by atoms with Crippen molar-refractivity contribution in [3.8, 4) is 0 Å². The van der Waals surface area contributed by atoms with Gasteiger partial charge < -0.3 is 10.6 Å². The van der Waals surface area contributed by atoms with Gasteiger partial charge in [-0.05, 0) is 12.8 Å². The molecule has 78 valence electrons. The van der Waals surface area contributed by atoms with Crippen LogP contribution in [0, 0.1) is 0 Å². The molecule has 2 aromatic rings. The Labute approximate surface area is 86.5 Å². The Morgan fingerprint density at radius 3 is 2.87 bits per heavy atom. The van der Waals surface area contributed by atoms with Gasteiger partial charge in [0.2, 0.25) is 5.95 Å². The van der Waals surface area contributed by atoms with E-state index in [-0.39, 0.29) is 0 Å². The summed E-state index contributed by atoms with van der Waals surface area (Å²) in [5.74, 6) is 1.21. The number of aromatic nitrogens is 4. The lowest BCUT2D eigenvalue weighted by molar-refractivity contribution is 0.906. The van der Waals surface area contributed by atoms with Crippen LogP contribution in [0.5, 0.6) is 0 Å². The summed E-state index contributed by atoms with van der Waals surface area (Å²) in [4.78, 5) is 10.8. The van der Waals surface area contributed by atoms with E-state index >= 15 is 0 Å². The van der Waals surface area contributed by atoms with Gasteiger partial charge in [0.1, 0.15) is 5.82 Å². The molecule has 0 atom stereocenters. The van der Waals surface area contributed by atoms with Gasteiger partial charge in [-0.2, -0.15) is 15.1 Å². The van der Waals surface area contributed by atoms with E-state index in [0.29, 0.717) is 17.4 Å². The largest absolute Gasteiger partial charge is 0.383 e. The summed E-state index contributed by atoms with van der Waals surface area (Å²) in [6, 6.07) is 0. The van der Waals surface area contributed by atoms with Gasteiger partial charge in [0.15, 0.2) is 5.65 Å². The molecule has 6 nitrogen and oxygen atoms in total. The van der Waals surface area contributed by atoms with Crippen LogP contribution in [-0.4, -0.2) is 33.3 Å². The molecule has 0 amide bonds. The Morgan fingerprint density at radius 1 is 1.27 bits per heavy atom. The van der Waals surface area contributed by atoms with Crippen molar-refractivity contribution in [2.45, 2.75) is 12.8 Å². The zero-order valence-electron chi connectivity index (χ0n) is 8.27. The quantitative estimate of drug-likeness (QED) is 0.708. The van der Waals surface area contributed by atoms with Crippen molar-refractivity contribution in [1.82, 2.24) is 20.2 Å². The molecule has 1 fully saturated rings. The first-order valence-corrected chi connectivity index (χ1v) is 5.06. The molecule has 0 bridgehead atoms. The number of H-pyrrole nitrogens is 1. The third-order valence-electron chi connectivity index (χ3n) is 2.72. The summed E-state index contributed by atoms with van der Waals surface area (Å²) in [5, 5.41) is 7.51. The lowest BCUT2D eigenvalue weighted by Gasteiger charge is -2.14. The lowest BCUT2D eigenvalue weighted by atomic mass is 10.4. The molecule has 15 heavy (non-hydrogen) atoms. The van der Waals surface area contributed by atoms with Gasteiger partial charge in [0.05, 0.1) is 11.6 Å². The van der Waals surface area contributed by atoms with Gasteiger partial charge in [0, 0.05) is 13.1 Å². The average Bonchev–Trinajstić information content (AvgIpc) is 2.88. The molecule has 0 saturated carbocycles. The molecule has 6 heteroatoms. The van der Waals surface area contributed by atoms with Crippen LogP contribution in [0.15, 0.2) is 6.20 Å². The van der Waals surface area contributed by atoms with Gasteiger partial charge in [-0.1, -0.05) is 0 Å². The van der Waals surface area contributed by atoms with Crippen LogP contribution in [-0.2, 0) is 0 Å². The van der Waals surface area contributed by atoms with E-state index in [4.69, 9.17) is 5.73 Å². The maximum absolute atomic E-state index is 5.83. The van der Waals surface area contributed by atoms with Crippen molar-refractivity contribution in [2.24, 2.45) is 0 Å². The second-order valence-electron chi connectivity index (χ2n) is 3.74. The molecular weight excluding hydrogens is 192 g/mol. The second kappa shape index (κ2) is 3.08. The highest BCUT2D eigenvalue weighted by atomic mass is 15.3. The normalized spacial score (nSPS) is 16.4. The maximum Gasteiger partial charge on any atom is 0.229 e. The van der Waals surface area contributed by atoms with E-state index in [1.165, 1.54) is 12.8 Å². The van der Waals surface area contributed by atoms with Crippen LogP contribution >= 0.6 is 0 Å². The number of nitrogens with zero attached hydrogens (tertiary/aromatic N) is 4. The monoisotopic (exact) mass is 204 g/mol. The van der Waals surface area contributed by atoms with Crippen LogP contribution in [0.25, 0.3) is 11.0 Å². The summed E-state index contributed by atoms with van der Waals surface area (Å²) >= 11 is 0. The summed E-state index contributed by atoms with van der Waals surface area (Å²) < 4.78 is 0. The number of fused-ring (bicyclic) bond motifs is 1. The maximum atomic E-state index is 5.83. The zero-order valence-corrected chi connectivity index (χ0v) is 8.27. The minimum absolute atomic E-state index is 0.496. The van der Waals surface area contributed by atoms with E-state index in [1.54, 1.807) is 6.20 Å². The van der Waals surface area contributed by atoms with Gasteiger partial charge >= 0.3 is 0 Å². The standard InChI is InChI=1S/C9H12N6/c10-7-6-5-11-14-8(6)13-9(12-7)15-3-1-2-4-15/h5H,1-4H2,(H3,10,11,12,13,14). The fraction of sp³-hybridized carbons (Fsp3) is 0.444. The zero-order chi connectivity index (χ0) is 10.3. The molecule has 0 radical (unpaired) electrons. The number of hydrogen-bond acceptors (Lipinski definition) is 5. The van der Waals surface area contributed by atoms with Gasteiger partial charge in [-0.25, -0.2) is 0 Å². The molecule has 1 aliphatic heterocycles. The Hall–Kier alpha value is -1.85. The predicted octanol–water partition coefficient (Wildman–Crippen LogP) is 0.535. The topological polar surface area (TPSA) is 83.7 Å². The summed E-state index contributed by atoms with van der Waals surface area (Å²) in [7, 11) is 0. The van der Waals surface area contributed by atoms with Crippen molar-refractivity contribution in [1.29, 1.82) is 0 Å². The smallest absolute Gasteiger partial charge is 0.229 e. The van der Waals surface area contributed by atoms with E-state index in [1.807, 2.05) is 0 Å². The predicted molar refractivity (Wildman–Crippen MR) is 57.5 cm³/mol. The number of nitrogen functional groups attached to an aromatic ring is 1. The number of aromatic amines is 1. The third kappa shape index (κ3) is 1.29. The van der Waals surface area contributed by atoms with E-state index < -0.39 is 0 Å². The third-order valence-corrected chi connectivity index (χ3v) is 2.72. The Bertz CT molecular complexity index is 484. The van der Waals surface area contributed by atoms with Gasteiger partial charge in [0.25, 0.3) is 0 Å². The molecule has 1 saturated heterocycles. The number of hydrogen-bond donors (Lipinski definition) is 2. The van der Waals surface area contributed by atoms with E-state index in [0.717, 1.165) is 18.5 Å². The van der Waals surface area contributed by atoms with Crippen LogP contribution < -0.4 is 10.6 Å². The van der Waals surface area contributed by atoms with Crippen LogP contribution in [0.4, 0.5) is 11.8 Å². The fourth-order valence-electron chi connectivity index (χ4n) is 1.90. The number of nitrogens with one attached hydrogen (secondary N) is 1. The summed E-state index contributed by atoms with van der Waals surface area (Å²) in [6.45, 7) is 2.03. The van der Waals surface area contributed by atoms with Crippen molar-refractivity contribution < 1.29 is 0 Å². The van der Waals surface area contributed by atoms with Crippen molar-refractivity contribution in [2.75, 3.05) is 23.7 Å². The SMILES string of the molecule is Nc1nc(N2CCCC2)nc2[nH]ncc12. The molecule has 1 aliphatic rings. The van der Waals surface area contributed by atoms with Crippen molar-refractivity contribution in [3.05, 3.63) is 6.20 Å². The molecule has 0 unspecified atom stereocenters. The lowest BCUT2D eigenvalue weighted by Crippen LogP contribution is -2.20. The molecule has 3 rings (SSSR count).